The van der Waals surface area contributed by atoms with Crippen LogP contribution in [0, 0.1) is 12.8 Å². The van der Waals surface area contributed by atoms with E-state index in [2.05, 4.69) is 0 Å². The van der Waals surface area contributed by atoms with Gasteiger partial charge in [-0.2, -0.15) is 0 Å². The summed E-state index contributed by atoms with van der Waals surface area (Å²) in [5.41, 5.74) is 3.16. The van der Waals surface area contributed by atoms with Crippen molar-refractivity contribution in [1.82, 2.24) is 0 Å². The van der Waals surface area contributed by atoms with Crippen LogP contribution in [0.3, 0.4) is 0 Å². The molecule has 180 valence electrons. The number of rotatable bonds is 7. The molecule has 2 aliphatic rings. The highest BCUT2D eigenvalue weighted by Gasteiger charge is 2.60. The standard InChI is InChI=1S/C28H28N2O5/c1-4-16-34-22-15-12-19(17-23(22)33-3)25-24-26(35-30(25)21-8-6-5-7-9-21)28(32)29(27(24)31)20-13-10-18(2)11-14-20/h5-15,17,24-26H,4,16H2,1-3H3/t24-,25-,26-/m0/s1. The summed E-state index contributed by atoms with van der Waals surface area (Å²) < 4.78 is 11.4. The van der Waals surface area contributed by atoms with Crippen LogP contribution in [0.1, 0.15) is 30.5 Å². The van der Waals surface area contributed by atoms with Crippen LogP contribution >= 0.6 is 0 Å². The minimum atomic E-state index is -0.920. The fraction of sp³-hybridized carbons (Fsp3) is 0.286. The number of amides is 2. The zero-order valence-corrected chi connectivity index (χ0v) is 20.0. The number of methoxy groups -OCH3 is 1. The van der Waals surface area contributed by atoms with Crippen LogP contribution in [0.25, 0.3) is 0 Å². The molecule has 2 aliphatic heterocycles. The van der Waals surface area contributed by atoms with Crippen LogP contribution in [-0.4, -0.2) is 31.6 Å². The van der Waals surface area contributed by atoms with E-state index in [1.807, 2.05) is 74.5 Å². The van der Waals surface area contributed by atoms with E-state index >= 15 is 0 Å². The summed E-state index contributed by atoms with van der Waals surface area (Å²) in [6.45, 7) is 4.57. The lowest BCUT2D eigenvalue weighted by atomic mass is 9.90. The van der Waals surface area contributed by atoms with E-state index < -0.39 is 18.1 Å². The number of benzene rings is 3. The third kappa shape index (κ3) is 4.02. The summed E-state index contributed by atoms with van der Waals surface area (Å²) >= 11 is 0. The lowest BCUT2D eigenvalue weighted by molar-refractivity contribution is -0.126. The first-order valence-electron chi connectivity index (χ1n) is 11.8. The van der Waals surface area contributed by atoms with Crippen LogP contribution in [0.15, 0.2) is 72.8 Å². The van der Waals surface area contributed by atoms with Gasteiger partial charge in [0.2, 0.25) is 5.91 Å². The molecule has 3 aromatic carbocycles. The minimum absolute atomic E-state index is 0.280. The molecule has 3 atom stereocenters. The number of hydrogen-bond acceptors (Lipinski definition) is 6. The topological polar surface area (TPSA) is 68.3 Å². The van der Waals surface area contributed by atoms with Gasteiger partial charge in [-0.3, -0.25) is 14.4 Å². The normalized spacial score (nSPS) is 21.4. The Labute approximate surface area is 204 Å². The first-order valence-corrected chi connectivity index (χ1v) is 11.8. The number of aryl methyl sites for hydroxylation is 1. The molecule has 2 saturated heterocycles. The van der Waals surface area contributed by atoms with Gasteiger partial charge in [0.25, 0.3) is 5.91 Å². The fourth-order valence-electron chi connectivity index (χ4n) is 4.70. The summed E-state index contributed by atoms with van der Waals surface area (Å²) in [6, 6.07) is 22.0. The van der Waals surface area contributed by atoms with Crippen molar-refractivity contribution in [3.63, 3.8) is 0 Å². The van der Waals surface area contributed by atoms with Gasteiger partial charge < -0.3 is 9.47 Å². The molecule has 0 unspecified atom stereocenters. The smallest absolute Gasteiger partial charge is 0.266 e. The Morgan fingerprint density at radius 1 is 0.886 bits per heavy atom. The van der Waals surface area contributed by atoms with Crippen molar-refractivity contribution >= 4 is 23.2 Å². The molecule has 7 heteroatoms. The Hall–Kier alpha value is -3.84. The number of anilines is 2. The van der Waals surface area contributed by atoms with Gasteiger partial charge in [-0.25, -0.2) is 9.96 Å². The summed E-state index contributed by atoms with van der Waals surface area (Å²) in [4.78, 5) is 34.7. The van der Waals surface area contributed by atoms with Gasteiger partial charge in [0.15, 0.2) is 17.6 Å². The molecule has 0 aliphatic carbocycles. The van der Waals surface area contributed by atoms with E-state index in [-0.39, 0.29) is 11.8 Å². The maximum Gasteiger partial charge on any atom is 0.266 e. The van der Waals surface area contributed by atoms with Crippen molar-refractivity contribution in [3.05, 3.63) is 83.9 Å². The quantitative estimate of drug-likeness (QED) is 0.458. The third-order valence-electron chi connectivity index (χ3n) is 6.41. The number of ether oxygens (including phenoxy) is 2. The third-order valence-corrected chi connectivity index (χ3v) is 6.41. The van der Waals surface area contributed by atoms with E-state index in [0.29, 0.717) is 23.8 Å². The van der Waals surface area contributed by atoms with E-state index in [0.717, 1.165) is 23.2 Å². The van der Waals surface area contributed by atoms with Crippen LogP contribution in [0.4, 0.5) is 11.4 Å². The molecule has 2 fully saturated rings. The van der Waals surface area contributed by atoms with Gasteiger partial charge in [-0.1, -0.05) is 48.9 Å². The maximum atomic E-state index is 13.7. The second-order valence-electron chi connectivity index (χ2n) is 8.76. The second-order valence-corrected chi connectivity index (χ2v) is 8.76. The lowest BCUT2D eigenvalue weighted by Gasteiger charge is -2.29. The molecule has 0 bridgehead atoms. The molecule has 0 aromatic heterocycles. The van der Waals surface area contributed by atoms with Crippen molar-refractivity contribution in [2.24, 2.45) is 5.92 Å². The summed E-state index contributed by atoms with van der Waals surface area (Å²) in [6.07, 6.45) is -0.0470. The second kappa shape index (κ2) is 9.43. The van der Waals surface area contributed by atoms with Crippen molar-refractivity contribution in [1.29, 1.82) is 0 Å². The average molecular weight is 473 g/mol. The Kier molecular flexibility index (Phi) is 6.17. The summed E-state index contributed by atoms with van der Waals surface area (Å²) in [7, 11) is 1.59. The van der Waals surface area contributed by atoms with E-state index in [9.17, 15) is 9.59 Å². The number of hydrogen-bond donors (Lipinski definition) is 0. The van der Waals surface area contributed by atoms with E-state index in [4.69, 9.17) is 14.3 Å². The van der Waals surface area contributed by atoms with Crippen LogP contribution in [0.5, 0.6) is 11.5 Å². The Balaban J connectivity index is 1.57. The lowest BCUT2D eigenvalue weighted by Crippen LogP contribution is -2.37. The number of imide groups is 1. The Morgan fingerprint density at radius 2 is 1.63 bits per heavy atom. The summed E-state index contributed by atoms with van der Waals surface area (Å²) in [5, 5.41) is 1.68. The largest absolute Gasteiger partial charge is 0.493 e. The van der Waals surface area contributed by atoms with Crippen LogP contribution < -0.4 is 19.4 Å². The molecular weight excluding hydrogens is 444 g/mol. The first kappa shape index (κ1) is 22.9. The van der Waals surface area contributed by atoms with Gasteiger partial charge in [0.1, 0.15) is 5.92 Å². The number of carbonyl (C=O) groups is 2. The molecule has 3 aromatic rings. The molecule has 5 rings (SSSR count). The maximum absolute atomic E-state index is 13.7. The van der Waals surface area contributed by atoms with E-state index in [1.165, 1.54) is 4.90 Å². The fourth-order valence-corrected chi connectivity index (χ4v) is 4.70. The van der Waals surface area contributed by atoms with Gasteiger partial charge >= 0.3 is 0 Å². The number of fused-ring (bicyclic) bond motifs is 1. The zero-order chi connectivity index (χ0) is 24.5. The number of carbonyl (C=O) groups excluding carboxylic acids is 2. The van der Waals surface area contributed by atoms with Crippen molar-refractivity contribution in [2.45, 2.75) is 32.4 Å². The van der Waals surface area contributed by atoms with Gasteiger partial charge in [-0.05, 0) is 55.3 Å². The number of hydroxylamine groups is 1. The monoisotopic (exact) mass is 472 g/mol. The Morgan fingerprint density at radius 3 is 2.31 bits per heavy atom. The highest BCUT2D eigenvalue weighted by molar-refractivity contribution is 6.23. The highest BCUT2D eigenvalue weighted by atomic mass is 16.7. The van der Waals surface area contributed by atoms with Crippen molar-refractivity contribution in [3.8, 4) is 11.5 Å². The van der Waals surface area contributed by atoms with Crippen LogP contribution in [-0.2, 0) is 14.4 Å². The predicted octanol–water partition coefficient (Wildman–Crippen LogP) is 4.84. The predicted molar refractivity (Wildman–Crippen MR) is 132 cm³/mol. The molecule has 0 radical (unpaired) electrons. The van der Waals surface area contributed by atoms with Crippen molar-refractivity contribution in [2.75, 3.05) is 23.7 Å². The molecule has 7 nitrogen and oxygen atoms in total. The van der Waals surface area contributed by atoms with Gasteiger partial charge in [-0.15, -0.1) is 0 Å². The summed E-state index contributed by atoms with van der Waals surface area (Å²) in [5.74, 6) is -0.148. The van der Waals surface area contributed by atoms with Gasteiger partial charge in [0, 0.05) is 0 Å². The first-order chi connectivity index (χ1) is 17.0. The number of nitrogens with zero attached hydrogens (tertiary/aromatic N) is 2. The Bertz CT molecular complexity index is 1230. The minimum Gasteiger partial charge on any atom is -0.493 e. The highest BCUT2D eigenvalue weighted by Crippen LogP contribution is 2.48. The zero-order valence-electron chi connectivity index (χ0n) is 20.0. The van der Waals surface area contributed by atoms with Gasteiger partial charge in [0.05, 0.1) is 31.1 Å². The SMILES string of the molecule is CCCOc1ccc([C@H]2[C@@H]3C(=O)N(c4ccc(C)cc4)C(=O)[C@H]3ON2c2ccccc2)cc1OC. The number of para-hydroxylation sites is 1. The molecule has 0 spiro atoms. The average Bonchev–Trinajstić information content (AvgIpc) is 3.39. The molecule has 2 amide bonds. The molecule has 2 heterocycles. The van der Waals surface area contributed by atoms with Crippen LogP contribution in [0.2, 0.25) is 0 Å². The molecule has 35 heavy (non-hydrogen) atoms. The molecule has 0 N–H and O–H groups in total. The molecular formula is C28H28N2O5. The molecule has 0 saturated carbocycles. The van der Waals surface area contributed by atoms with E-state index in [1.54, 1.807) is 24.3 Å². The van der Waals surface area contributed by atoms with Crippen molar-refractivity contribution < 1.29 is 23.9 Å².